The number of carbonyl (C=O) groups excluding carboxylic acids is 3. The molecule has 3 rings (SSSR count). The van der Waals surface area contributed by atoms with E-state index in [2.05, 4.69) is 15.6 Å². The van der Waals surface area contributed by atoms with Crippen molar-refractivity contribution in [2.45, 2.75) is 13.5 Å². The number of imidazole rings is 1. The third-order valence-electron chi connectivity index (χ3n) is 4.10. The fourth-order valence-electron chi connectivity index (χ4n) is 2.51. The first kappa shape index (κ1) is 20.3. The molecule has 0 aliphatic rings. The van der Waals surface area contributed by atoms with Gasteiger partial charge >= 0.3 is 0 Å². The van der Waals surface area contributed by atoms with Gasteiger partial charge in [-0.25, -0.2) is 9.37 Å². The number of benzene rings is 1. The lowest BCUT2D eigenvalue weighted by Crippen LogP contribution is -2.31. The van der Waals surface area contributed by atoms with E-state index in [0.717, 1.165) is 6.07 Å². The summed E-state index contributed by atoms with van der Waals surface area (Å²) in [5, 5.41) is 4.83. The normalized spacial score (nSPS) is 10.6. The summed E-state index contributed by atoms with van der Waals surface area (Å²) in [6.07, 6.45) is 3.27. The lowest BCUT2D eigenvalue weighted by atomic mass is 10.2. The Kier molecular flexibility index (Phi) is 5.79. The Bertz CT molecular complexity index is 1110. The molecule has 150 valence electrons. The van der Waals surface area contributed by atoms with Crippen molar-refractivity contribution in [3.8, 4) is 0 Å². The first-order chi connectivity index (χ1) is 13.8. The lowest BCUT2D eigenvalue weighted by Gasteiger charge is -2.05. The van der Waals surface area contributed by atoms with Crippen molar-refractivity contribution < 1.29 is 23.2 Å². The molecule has 0 aliphatic carbocycles. The molecule has 2 aromatic heterocycles. The number of ketones is 1. The van der Waals surface area contributed by atoms with Crippen LogP contribution in [0.25, 0.3) is 0 Å². The molecule has 0 saturated heterocycles. The fraction of sp³-hybridized carbons (Fsp3) is 0.158. The van der Waals surface area contributed by atoms with Crippen LogP contribution in [0.15, 0.2) is 41.1 Å². The first-order valence-corrected chi connectivity index (χ1v) is 8.79. The fourth-order valence-corrected chi connectivity index (χ4v) is 2.69. The topological polar surface area (TPSA) is 106 Å². The smallest absolute Gasteiger partial charge is 0.296 e. The van der Waals surface area contributed by atoms with Crippen LogP contribution in [-0.4, -0.2) is 27.1 Å². The molecule has 10 heteroatoms. The van der Waals surface area contributed by atoms with Crippen molar-refractivity contribution in [1.29, 1.82) is 0 Å². The number of nitrogens with zero attached hydrogens (tertiary/aromatic N) is 2. The van der Waals surface area contributed by atoms with Crippen LogP contribution >= 0.6 is 11.6 Å². The highest BCUT2D eigenvalue weighted by Gasteiger charge is 2.24. The van der Waals surface area contributed by atoms with Crippen molar-refractivity contribution in [1.82, 2.24) is 14.9 Å². The molecule has 1 aromatic carbocycles. The lowest BCUT2D eigenvalue weighted by molar-refractivity contribution is -0.117. The van der Waals surface area contributed by atoms with Crippen LogP contribution < -0.4 is 10.6 Å². The summed E-state index contributed by atoms with van der Waals surface area (Å²) in [4.78, 5) is 40.9. The van der Waals surface area contributed by atoms with Crippen molar-refractivity contribution >= 4 is 34.9 Å². The second-order valence-corrected chi connectivity index (χ2v) is 6.54. The molecule has 3 aromatic rings. The van der Waals surface area contributed by atoms with Crippen molar-refractivity contribution in [2.24, 2.45) is 7.05 Å². The van der Waals surface area contributed by atoms with E-state index in [1.807, 2.05) is 0 Å². The van der Waals surface area contributed by atoms with Gasteiger partial charge in [-0.2, -0.15) is 0 Å². The minimum absolute atomic E-state index is 0.0608. The number of aryl methyl sites for hydroxylation is 2. The molecule has 0 bridgehead atoms. The van der Waals surface area contributed by atoms with Crippen LogP contribution in [0.4, 0.5) is 10.1 Å². The second kappa shape index (κ2) is 8.27. The Hall–Kier alpha value is -3.46. The molecule has 0 atom stereocenters. The number of halogens is 2. The summed E-state index contributed by atoms with van der Waals surface area (Å²) < 4.78 is 20.2. The standard InChI is InChI=1S/C19H16ClFN4O4/c1-10-12(18(27)24-11-3-4-14(21)13(20)7-11)8-15(29-10)17(26)19(28)23-9-16-22-5-6-25(16)2/h3-8H,9H2,1-2H3,(H,23,28)(H,24,27). The van der Waals surface area contributed by atoms with Crippen LogP contribution in [0, 0.1) is 12.7 Å². The molecular formula is C19H16ClFN4O4. The predicted molar refractivity (Wildman–Crippen MR) is 102 cm³/mol. The number of carbonyl (C=O) groups is 3. The molecule has 0 saturated carbocycles. The Balaban J connectivity index is 1.68. The molecule has 0 radical (unpaired) electrons. The highest BCUT2D eigenvalue weighted by Crippen LogP contribution is 2.21. The third-order valence-corrected chi connectivity index (χ3v) is 4.39. The van der Waals surface area contributed by atoms with Gasteiger partial charge in [0.05, 0.1) is 17.1 Å². The van der Waals surface area contributed by atoms with E-state index in [4.69, 9.17) is 16.0 Å². The molecule has 0 spiro atoms. The minimum atomic E-state index is -0.925. The number of Topliss-reactive ketones (excluding diaryl/α,β-unsaturated/α-hetero) is 1. The zero-order valence-corrected chi connectivity index (χ0v) is 16.2. The van der Waals surface area contributed by atoms with E-state index in [1.54, 1.807) is 24.0 Å². The van der Waals surface area contributed by atoms with Crippen molar-refractivity contribution in [3.05, 3.63) is 70.4 Å². The average Bonchev–Trinajstić information content (AvgIpc) is 3.27. The highest BCUT2D eigenvalue weighted by atomic mass is 35.5. The Morgan fingerprint density at radius 1 is 1.28 bits per heavy atom. The number of rotatable bonds is 6. The largest absolute Gasteiger partial charge is 0.457 e. The first-order valence-electron chi connectivity index (χ1n) is 8.42. The van der Waals surface area contributed by atoms with Gasteiger partial charge in [-0.1, -0.05) is 11.6 Å². The number of anilines is 1. The Morgan fingerprint density at radius 2 is 2.03 bits per heavy atom. The van der Waals surface area contributed by atoms with E-state index >= 15 is 0 Å². The van der Waals surface area contributed by atoms with Crippen LogP contribution in [0.5, 0.6) is 0 Å². The molecular weight excluding hydrogens is 403 g/mol. The predicted octanol–water partition coefficient (Wildman–Crippen LogP) is 2.87. The van der Waals surface area contributed by atoms with Crippen molar-refractivity contribution in [3.63, 3.8) is 0 Å². The SMILES string of the molecule is Cc1oc(C(=O)C(=O)NCc2nccn2C)cc1C(=O)Nc1ccc(F)c(Cl)c1. The number of amides is 2. The van der Waals surface area contributed by atoms with Crippen LogP contribution in [0.3, 0.4) is 0 Å². The van der Waals surface area contributed by atoms with E-state index < -0.39 is 23.4 Å². The zero-order chi connectivity index (χ0) is 21.1. The summed E-state index contributed by atoms with van der Waals surface area (Å²) >= 11 is 5.69. The summed E-state index contributed by atoms with van der Waals surface area (Å²) in [7, 11) is 1.76. The average molecular weight is 419 g/mol. The van der Waals surface area contributed by atoms with Crippen LogP contribution in [0.1, 0.15) is 32.5 Å². The number of nitrogens with one attached hydrogen (secondary N) is 2. The van der Waals surface area contributed by atoms with Crippen molar-refractivity contribution in [2.75, 3.05) is 5.32 Å². The van der Waals surface area contributed by atoms with Gasteiger partial charge in [0.15, 0.2) is 5.76 Å². The van der Waals surface area contributed by atoms with Gasteiger partial charge < -0.3 is 19.6 Å². The second-order valence-electron chi connectivity index (χ2n) is 6.13. The number of aromatic nitrogens is 2. The van der Waals surface area contributed by atoms with E-state index in [1.165, 1.54) is 25.1 Å². The van der Waals surface area contributed by atoms with Crippen LogP contribution in [-0.2, 0) is 18.4 Å². The molecule has 8 nitrogen and oxygen atoms in total. The quantitative estimate of drug-likeness (QED) is 0.473. The molecule has 29 heavy (non-hydrogen) atoms. The molecule has 2 heterocycles. The van der Waals surface area contributed by atoms with Gasteiger partial charge in [0, 0.05) is 31.2 Å². The van der Waals surface area contributed by atoms with Gasteiger partial charge in [-0.3, -0.25) is 14.4 Å². The summed E-state index contributed by atoms with van der Waals surface area (Å²) in [5.74, 6) is -2.59. The maximum atomic E-state index is 13.2. The number of furan rings is 1. The Morgan fingerprint density at radius 3 is 2.69 bits per heavy atom. The van der Waals surface area contributed by atoms with E-state index in [-0.39, 0.29) is 34.3 Å². The van der Waals surface area contributed by atoms with Gasteiger partial charge in [0.1, 0.15) is 17.4 Å². The maximum absolute atomic E-state index is 13.2. The zero-order valence-electron chi connectivity index (χ0n) is 15.5. The monoisotopic (exact) mass is 418 g/mol. The third kappa shape index (κ3) is 4.52. The minimum Gasteiger partial charge on any atom is -0.457 e. The Labute approximate surface area is 169 Å². The number of hydrogen-bond acceptors (Lipinski definition) is 5. The highest BCUT2D eigenvalue weighted by molar-refractivity contribution is 6.42. The van der Waals surface area contributed by atoms with E-state index in [9.17, 15) is 18.8 Å². The summed E-state index contributed by atoms with van der Waals surface area (Å²) in [5.41, 5.74) is 0.327. The summed E-state index contributed by atoms with van der Waals surface area (Å²) in [6.45, 7) is 1.54. The molecule has 2 amide bonds. The van der Waals surface area contributed by atoms with Gasteiger partial charge in [-0.15, -0.1) is 0 Å². The maximum Gasteiger partial charge on any atom is 0.296 e. The van der Waals surface area contributed by atoms with Gasteiger partial charge in [0.2, 0.25) is 0 Å². The molecule has 0 fully saturated rings. The molecule has 0 unspecified atom stereocenters. The van der Waals surface area contributed by atoms with Gasteiger partial charge in [-0.05, 0) is 25.1 Å². The molecule has 2 N–H and O–H groups in total. The number of hydrogen-bond donors (Lipinski definition) is 2. The van der Waals surface area contributed by atoms with E-state index in [0.29, 0.717) is 5.82 Å². The van der Waals surface area contributed by atoms with Gasteiger partial charge in [0.25, 0.3) is 17.6 Å². The summed E-state index contributed by atoms with van der Waals surface area (Å²) in [6, 6.07) is 4.88. The van der Waals surface area contributed by atoms with Crippen LogP contribution in [0.2, 0.25) is 5.02 Å². The molecule has 0 aliphatic heterocycles.